The van der Waals surface area contributed by atoms with Crippen molar-refractivity contribution in [1.29, 1.82) is 0 Å². The van der Waals surface area contributed by atoms with E-state index in [1.54, 1.807) is 0 Å². The molecule has 0 saturated heterocycles. The van der Waals surface area contributed by atoms with Gasteiger partial charge >= 0.3 is 0 Å². The molecular weight excluding hydrogens is 388 g/mol. The molecule has 31 heavy (non-hydrogen) atoms. The van der Waals surface area contributed by atoms with Crippen LogP contribution < -0.4 is 10.3 Å². The molecule has 0 aliphatic carbocycles. The monoisotopic (exact) mass is 422 g/mol. The number of aryl methyl sites for hydroxylation is 1. The number of rotatable bonds is 12. The first-order valence-corrected chi connectivity index (χ1v) is 11.6. The molecule has 2 N–H and O–H groups in total. The molecule has 5 nitrogen and oxygen atoms in total. The first-order chi connectivity index (χ1) is 15.1. The van der Waals surface area contributed by atoms with Gasteiger partial charge in [0.05, 0.1) is 29.2 Å². The highest BCUT2D eigenvalue weighted by Crippen LogP contribution is 2.28. The van der Waals surface area contributed by atoms with Gasteiger partial charge in [0, 0.05) is 0 Å². The third kappa shape index (κ3) is 6.17. The van der Waals surface area contributed by atoms with Gasteiger partial charge in [-0.1, -0.05) is 57.4 Å². The van der Waals surface area contributed by atoms with E-state index in [0.29, 0.717) is 17.8 Å². The summed E-state index contributed by atoms with van der Waals surface area (Å²) in [6.45, 7) is 4.84. The fourth-order valence-corrected chi connectivity index (χ4v) is 3.85. The van der Waals surface area contributed by atoms with Crippen LogP contribution in [-0.4, -0.2) is 27.8 Å². The van der Waals surface area contributed by atoms with Crippen LogP contribution in [0.4, 0.5) is 0 Å². The molecule has 1 aromatic heterocycles. The van der Waals surface area contributed by atoms with E-state index in [9.17, 15) is 9.90 Å². The van der Waals surface area contributed by atoms with Gasteiger partial charge in [0.2, 0.25) is 0 Å². The Morgan fingerprint density at radius 1 is 1.00 bits per heavy atom. The van der Waals surface area contributed by atoms with Crippen molar-refractivity contribution < 1.29 is 9.84 Å². The first-order valence-electron chi connectivity index (χ1n) is 11.6. The Morgan fingerprint density at radius 3 is 2.61 bits per heavy atom. The second-order valence-corrected chi connectivity index (χ2v) is 8.11. The minimum Gasteiger partial charge on any atom is -0.493 e. The third-order valence-electron chi connectivity index (χ3n) is 5.55. The van der Waals surface area contributed by atoms with E-state index >= 15 is 0 Å². The number of H-pyrrole nitrogens is 1. The average Bonchev–Trinajstić information content (AvgIpc) is 2.78. The number of unbranched alkanes of at least 4 members (excludes halogenated alkanes) is 2. The number of nitrogens with one attached hydrogen (secondary N) is 1. The molecule has 3 rings (SSSR count). The van der Waals surface area contributed by atoms with Crippen LogP contribution in [0.1, 0.15) is 64.4 Å². The zero-order valence-electron chi connectivity index (χ0n) is 18.7. The number of aromatic amines is 1. The number of ether oxygens (including phenoxy) is 1. The van der Waals surface area contributed by atoms with E-state index in [4.69, 9.17) is 9.72 Å². The number of aromatic nitrogens is 2. The number of hydrogen-bond acceptors (Lipinski definition) is 4. The van der Waals surface area contributed by atoms with Crippen LogP contribution in [-0.2, 0) is 6.42 Å². The first kappa shape index (κ1) is 23.0. The molecular formula is C26H34N2O3. The Kier molecular flexibility index (Phi) is 8.65. The van der Waals surface area contributed by atoms with Crippen molar-refractivity contribution in [3.05, 3.63) is 58.4 Å². The lowest BCUT2D eigenvalue weighted by molar-refractivity contribution is 0.148. The van der Waals surface area contributed by atoms with Crippen LogP contribution in [0.15, 0.2) is 47.3 Å². The highest BCUT2D eigenvalue weighted by atomic mass is 16.5. The summed E-state index contributed by atoms with van der Waals surface area (Å²) in [6.07, 6.45) is 7.34. The van der Waals surface area contributed by atoms with E-state index < -0.39 is 0 Å². The van der Waals surface area contributed by atoms with Crippen LogP contribution in [0, 0.1) is 0 Å². The number of benzene rings is 2. The summed E-state index contributed by atoms with van der Waals surface area (Å²) in [5, 5.41) is 10.8. The van der Waals surface area contributed by atoms with Crippen molar-refractivity contribution in [2.45, 2.75) is 71.3 Å². The zero-order chi connectivity index (χ0) is 22.1. The van der Waals surface area contributed by atoms with Gasteiger partial charge in [0.15, 0.2) is 0 Å². The summed E-state index contributed by atoms with van der Waals surface area (Å²) in [7, 11) is 0. The minimum atomic E-state index is -0.254. The van der Waals surface area contributed by atoms with E-state index in [1.807, 2.05) is 42.5 Å². The van der Waals surface area contributed by atoms with Crippen molar-refractivity contribution >= 4 is 10.9 Å². The van der Waals surface area contributed by atoms with Crippen molar-refractivity contribution in [3.63, 3.8) is 0 Å². The molecule has 1 heterocycles. The molecule has 0 fully saturated rings. The van der Waals surface area contributed by atoms with Crippen LogP contribution in [0.2, 0.25) is 0 Å². The van der Waals surface area contributed by atoms with Crippen molar-refractivity contribution in [3.8, 4) is 17.1 Å². The summed E-state index contributed by atoms with van der Waals surface area (Å²) >= 11 is 0. The lowest BCUT2D eigenvalue weighted by Gasteiger charge is -2.13. The maximum Gasteiger partial charge on any atom is 0.259 e. The highest BCUT2D eigenvalue weighted by molar-refractivity contribution is 5.83. The molecule has 1 atom stereocenters. The third-order valence-corrected chi connectivity index (χ3v) is 5.55. The summed E-state index contributed by atoms with van der Waals surface area (Å²) in [4.78, 5) is 20.6. The Labute approximate surface area is 184 Å². The zero-order valence-corrected chi connectivity index (χ0v) is 18.7. The van der Waals surface area contributed by atoms with E-state index in [1.165, 1.54) is 6.42 Å². The smallest absolute Gasteiger partial charge is 0.259 e. The second kappa shape index (κ2) is 11.7. The van der Waals surface area contributed by atoms with Gasteiger partial charge in [-0.15, -0.1) is 0 Å². The van der Waals surface area contributed by atoms with Crippen LogP contribution >= 0.6 is 0 Å². The van der Waals surface area contributed by atoms with Gasteiger partial charge in [0.25, 0.3) is 5.56 Å². The van der Waals surface area contributed by atoms with Gasteiger partial charge in [-0.25, -0.2) is 4.98 Å². The highest BCUT2D eigenvalue weighted by Gasteiger charge is 2.13. The molecule has 0 saturated carbocycles. The summed E-state index contributed by atoms with van der Waals surface area (Å²) in [5.41, 5.74) is 2.41. The minimum absolute atomic E-state index is 0.147. The second-order valence-electron chi connectivity index (χ2n) is 8.11. The molecule has 0 aliphatic heterocycles. The van der Waals surface area contributed by atoms with Crippen LogP contribution in [0.5, 0.6) is 5.75 Å². The van der Waals surface area contributed by atoms with Crippen molar-refractivity contribution in [2.75, 3.05) is 6.61 Å². The molecule has 0 radical (unpaired) electrons. The Bertz CT molecular complexity index is 1030. The number of hydrogen-bond donors (Lipinski definition) is 2. The van der Waals surface area contributed by atoms with Gasteiger partial charge < -0.3 is 14.8 Å². The lowest BCUT2D eigenvalue weighted by atomic mass is 10.0. The van der Waals surface area contributed by atoms with Gasteiger partial charge in [-0.2, -0.15) is 0 Å². The predicted molar refractivity (Wildman–Crippen MR) is 127 cm³/mol. The number of aliphatic hydroxyl groups is 1. The summed E-state index contributed by atoms with van der Waals surface area (Å²) in [5.74, 6) is 1.25. The van der Waals surface area contributed by atoms with E-state index in [-0.39, 0.29) is 11.7 Å². The molecule has 0 aliphatic rings. The van der Waals surface area contributed by atoms with Gasteiger partial charge in [0.1, 0.15) is 11.6 Å². The molecule has 0 bridgehead atoms. The van der Waals surface area contributed by atoms with Crippen molar-refractivity contribution in [2.24, 2.45) is 0 Å². The summed E-state index contributed by atoms with van der Waals surface area (Å²) in [6, 6.07) is 13.4. The predicted octanol–water partition coefficient (Wildman–Crippen LogP) is 5.64. The fraction of sp³-hybridized carbons (Fsp3) is 0.462. The number of para-hydroxylation sites is 2. The number of fused-ring (bicyclic) bond motifs is 1. The Morgan fingerprint density at radius 2 is 1.81 bits per heavy atom. The largest absolute Gasteiger partial charge is 0.493 e. The van der Waals surface area contributed by atoms with Gasteiger partial charge in [-0.05, 0) is 55.9 Å². The molecule has 0 amide bonds. The summed E-state index contributed by atoms with van der Waals surface area (Å²) < 4.78 is 5.86. The molecule has 1 unspecified atom stereocenters. The lowest BCUT2D eigenvalue weighted by Crippen LogP contribution is -2.12. The van der Waals surface area contributed by atoms with E-state index in [0.717, 1.165) is 67.3 Å². The molecule has 0 spiro atoms. The average molecular weight is 423 g/mol. The Balaban J connectivity index is 1.84. The molecule has 166 valence electrons. The molecule has 5 heteroatoms. The standard InChI is InChI=1S/C26H34N2O3/c1-3-5-6-13-20(29)14-9-11-19-12-10-16-22-24(19)27-25(28-26(22)30)21-15-7-8-17-23(21)31-18-4-2/h7-8,10,12,15-17,20,29H,3-6,9,11,13-14,18H2,1-2H3,(H,27,28,30). The maximum absolute atomic E-state index is 12.8. The van der Waals surface area contributed by atoms with Crippen molar-refractivity contribution in [1.82, 2.24) is 9.97 Å². The maximum atomic E-state index is 12.8. The molecule has 2 aromatic carbocycles. The fourth-order valence-electron chi connectivity index (χ4n) is 3.85. The van der Waals surface area contributed by atoms with Gasteiger partial charge in [-0.3, -0.25) is 4.79 Å². The topological polar surface area (TPSA) is 75.2 Å². The Hall–Kier alpha value is -2.66. The quantitative estimate of drug-likeness (QED) is 0.370. The van der Waals surface area contributed by atoms with Crippen LogP contribution in [0.25, 0.3) is 22.3 Å². The van der Waals surface area contributed by atoms with E-state index in [2.05, 4.69) is 18.8 Å². The molecule has 3 aromatic rings. The normalized spacial score (nSPS) is 12.2. The number of aliphatic hydroxyl groups excluding tert-OH is 1. The van der Waals surface area contributed by atoms with Crippen LogP contribution in [0.3, 0.4) is 0 Å². The SMILES string of the molecule is CCCCCC(O)CCCc1cccc2c(=O)[nH]c(-c3ccccc3OCCC)nc12. The number of nitrogens with zero attached hydrogens (tertiary/aromatic N) is 1.